The molecule has 0 saturated carbocycles. The fourth-order valence-electron chi connectivity index (χ4n) is 6.96. The van der Waals surface area contributed by atoms with Crippen molar-refractivity contribution in [3.63, 3.8) is 0 Å². The Balaban J connectivity index is 4.08. The van der Waals surface area contributed by atoms with Crippen molar-refractivity contribution in [3.05, 3.63) is 60.8 Å². The van der Waals surface area contributed by atoms with Crippen molar-refractivity contribution in [2.75, 3.05) is 26.4 Å². The van der Waals surface area contributed by atoms with Gasteiger partial charge in [0.15, 0.2) is 6.10 Å². The molecule has 2 atom stereocenters. The molecule has 0 fully saturated rings. The summed E-state index contributed by atoms with van der Waals surface area (Å²) in [6, 6.07) is 0. The second kappa shape index (κ2) is 48.2. The zero-order valence-electron chi connectivity index (χ0n) is 39.8. The van der Waals surface area contributed by atoms with Crippen molar-refractivity contribution in [1.82, 2.24) is 0 Å². The fraction of sp³-hybridized carbons (Fsp3) is 0.769. The highest BCUT2D eigenvalue weighted by Crippen LogP contribution is 2.43. The van der Waals surface area contributed by atoms with Crippen LogP contribution < -0.4 is 5.73 Å². The van der Waals surface area contributed by atoms with E-state index in [0.717, 1.165) is 77.0 Å². The lowest BCUT2D eigenvalue weighted by Gasteiger charge is -2.19. The number of allylic oxidation sites excluding steroid dienone is 10. The minimum absolute atomic E-state index is 0.0501. The van der Waals surface area contributed by atoms with Crippen LogP contribution in [0.25, 0.3) is 0 Å². The fourth-order valence-corrected chi connectivity index (χ4v) is 7.72. The van der Waals surface area contributed by atoms with Gasteiger partial charge in [-0.2, -0.15) is 0 Å². The van der Waals surface area contributed by atoms with Crippen LogP contribution in [0, 0.1) is 0 Å². The van der Waals surface area contributed by atoms with Crippen molar-refractivity contribution >= 4 is 19.8 Å². The van der Waals surface area contributed by atoms with Crippen LogP contribution in [0.2, 0.25) is 0 Å². The minimum Gasteiger partial charge on any atom is -0.462 e. The van der Waals surface area contributed by atoms with Crippen molar-refractivity contribution in [2.45, 2.75) is 232 Å². The summed E-state index contributed by atoms with van der Waals surface area (Å²) in [5.74, 6) is -0.835. The maximum atomic E-state index is 12.6. The number of ether oxygens (including phenoxy) is 2. The van der Waals surface area contributed by atoms with Crippen LogP contribution in [0.5, 0.6) is 0 Å². The van der Waals surface area contributed by atoms with E-state index in [1.165, 1.54) is 116 Å². The van der Waals surface area contributed by atoms with E-state index in [-0.39, 0.29) is 38.6 Å². The second-order valence-corrected chi connectivity index (χ2v) is 18.1. The summed E-state index contributed by atoms with van der Waals surface area (Å²) in [5.41, 5.74) is 5.37. The average Bonchev–Trinajstić information content (AvgIpc) is 3.26. The Morgan fingerprint density at radius 3 is 1.32 bits per heavy atom. The van der Waals surface area contributed by atoms with Crippen LogP contribution in [0.3, 0.4) is 0 Å². The highest BCUT2D eigenvalue weighted by Gasteiger charge is 2.26. The SMILES string of the molecule is CC/C=C\C/C=C\C/C=C\C/C=C\C/C=C\CCCCCCCCCC(=O)OC(COC(=O)CCCCCCCCCCCCCCCCCCCC)COP(=O)(O)OCCN. The molecule has 0 radical (unpaired) electrons. The largest absolute Gasteiger partial charge is 0.472 e. The number of unbranched alkanes of at least 4 members (excludes halogenated alkanes) is 24. The lowest BCUT2D eigenvalue weighted by Crippen LogP contribution is -2.29. The van der Waals surface area contributed by atoms with Gasteiger partial charge >= 0.3 is 19.8 Å². The molecule has 3 N–H and O–H groups in total. The summed E-state index contributed by atoms with van der Waals surface area (Å²) >= 11 is 0. The monoisotopic (exact) mass is 892 g/mol. The molecule has 10 heteroatoms. The molecule has 0 heterocycles. The first-order chi connectivity index (χ1) is 30.3. The molecule has 0 aliphatic rings. The molecule has 0 aromatic rings. The van der Waals surface area contributed by atoms with Crippen LogP contribution in [-0.4, -0.2) is 49.3 Å². The van der Waals surface area contributed by atoms with Crippen molar-refractivity contribution in [2.24, 2.45) is 5.73 Å². The number of nitrogens with two attached hydrogens (primary N) is 1. The number of phosphoric ester groups is 1. The number of carbonyl (C=O) groups is 2. The van der Waals surface area contributed by atoms with Gasteiger partial charge in [0.25, 0.3) is 0 Å². The third kappa shape index (κ3) is 47.2. The first kappa shape index (κ1) is 59.7. The summed E-state index contributed by atoms with van der Waals surface area (Å²) < 4.78 is 32.9. The molecule has 0 amide bonds. The average molecular weight is 892 g/mol. The molecule has 0 aliphatic carbocycles. The molecule has 0 saturated heterocycles. The first-order valence-corrected chi connectivity index (χ1v) is 26.8. The highest BCUT2D eigenvalue weighted by molar-refractivity contribution is 7.47. The van der Waals surface area contributed by atoms with Crippen LogP contribution >= 0.6 is 7.82 Å². The van der Waals surface area contributed by atoms with E-state index in [4.69, 9.17) is 24.3 Å². The van der Waals surface area contributed by atoms with E-state index < -0.39 is 26.5 Å². The van der Waals surface area contributed by atoms with Gasteiger partial charge in [-0.05, 0) is 57.8 Å². The Hall–Kier alpha value is -2.29. The predicted molar refractivity (Wildman–Crippen MR) is 261 cm³/mol. The van der Waals surface area contributed by atoms with Gasteiger partial charge in [0.2, 0.25) is 0 Å². The third-order valence-corrected chi connectivity index (χ3v) is 11.7. The quantitative estimate of drug-likeness (QED) is 0.0265. The van der Waals surface area contributed by atoms with Crippen molar-refractivity contribution in [3.8, 4) is 0 Å². The number of hydrogen-bond donors (Lipinski definition) is 2. The molecule has 62 heavy (non-hydrogen) atoms. The molecule has 0 spiro atoms. The van der Waals surface area contributed by atoms with Gasteiger partial charge in [-0.25, -0.2) is 4.57 Å². The molecule has 360 valence electrons. The van der Waals surface area contributed by atoms with Crippen molar-refractivity contribution < 1.29 is 37.6 Å². The Morgan fingerprint density at radius 2 is 0.887 bits per heavy atom. The van der Waals surface area contributed by atoms with Gasteiger partial charge in [0, 0.05) is 19.4 Å². The minimum atomic E-state index is -4.39. The Bertz CT molecular complexity index is 1200. The van der Waals surface area contributed by atoms with Crippen LogP contribution in [-0.2, 0) is 32.7 Å². The Kier molecular flexibility index (Phi) is 46.4. The standard InChI is InChI=1S/C52H94NO8P/c1-3-5-7-9-11-13-15-17-19-21-23-24-25-26-27-29-31-33-35-37-39-41-43-45-52(55)61-50(49-60-62(56,57)59-47-46-53)48-58-51(54)44-42-40-38-36-34-32-30-28-22-20-18-16-14-12-10-8-6-4-2/h5,7,11,13,17,19,23-24,26-27,50H,3-4,6,8-10,12,14-16,18,20-22,25,28-49,53H2,1-2H3,(H,56,57)/b7-5-,13-11-,19-17-,24-23-,27-26-. The summed E-state index contributed by atoms with van der Waals surface area (Å²) in [7, 11) is -4.39. The van der Waals surface area contributed by atoms with Gasteiger partial charge < -0.3 is 20.1 Å². The molecule has 2 unspecified atom stereocenters. The molecule has 0 rings (SSSR count). The lowest BCUT2D eigenvalue weighted by molar-refractivity contribution is -0.161. The number of rotatable bonds is 47. The van der Waals surface area contributed by atoms with Gasteiger partial charge in [0.1, 0.15) is 6.61 Å². The molecule has 9 nitrogen and oxygen atoms in total. The summed E-state index contributed by atoms with van der Waals surface area (Å²) in [5, 5.41) is 0. The maximum absolute atomic E-state index is 12.6. The van der Waals surface area contributed by atoms with E-state index in [9.17, 15) is 19.0 Å². The Morgan fingerprint density at radius 1 is 0.500 bits per heavy atom. The molecular weight excluding hydrogens is 798 g/mol. The normalized spacial score (nSPS) is 13.7. The van der Waals surface area contributed by atoms with Crippen LogP contribution in [0.15, 0.2) is 60.8 Å². The highest BCUT2D eigenvalue weighted by atomic mass is 31.2. The smallest absolute Gasteiger partial charge is 0.462 e. The van der Waals surface area contributed by atoms with Gasteiger partial charge in [-0.3, -0.25) is 18.6 Å². The number of carbonyl (C=O) groups excluding carboxylic acids is 2. The second-order valence-electron chi connectivity index (χ2n) is 16.7. The zero-order valence-corrected chi connectivity index (χ0v) is 40.7. The van der Waals surface area contributed by atoms with Crippen LogP contribution in [0.4, 0.5) is 0 Å². The van der Waals surface area contributed by atoms with Gasteiger partial charge in [-0.15, -0.1) is 0 Å². The zero-order chi connectivity index (χ0) is 45.3. The van der Waals surface area contributed by atoms with E-state index in [0.29, 0.717) is 6.42 Å². The molecule has 0 bridgehead atoms. The summed E-state index contributed by atoms with van der Waals surface area (Å²) in [4.78, 5) is 35.0. The molecule has 0 aliphatic heterocycles. The number of hydrogen-bond acceptors (Lipinski definition) is 8. The molecule has 0 aromatic carbocycles. The number of esters is 2. The summed E-state index contributed by atoms with van der Waals surface area (Å²) in [6.45, 7) is 3.63. The third-order valence-electron chi connectivity index (χ3n) is 10.7. The Labute approximate surface area is 380 Å². The van der Waals surface area contributed by atoms with Gasteiger partial charge in [0.05, 0.1) is 13.2 Å². The van der Waals surface area contributed by atoms with E-state index >= 15 is 0 Å². The topological polar surface area (TPSA) is 134 Å². The maximum Gasteiger partial charge on any atom is 0.472 e. The van der Waals surface area contributed by atoms with Crippen LogP contribution in [0.1, 0.15) is 226 Å². The molecule has 0 aromatic heterocycles. The molecular formula is C52H94NO8P. The van der Waals surface area contributed by atoms with E-state index in [1.807, 2.05) is 0 Å². The lowest BCUT2D eigenvalue weighted by atomic mass is 10.0. The first-order valence-electron chi connectivity index (χ1n) is 25.3. The predicted octanol–water partition coefficient (Wildman–Crippen LogP) is 15.2. The van der Waals surface area contributed by atoms with E-state index in [2.05, 4.69) is 74.6 Å². The summed E-state index contributed by atoms with van der Waals surface area (Å²) in [6.07, 6.45) is 58.2. The van der Waals surface area contributed by atoms with E-state index in [1.54, 1.807) is 0 Å². The van der Waals surface area contributed by atoms with Gasteiger partial charge in [-0.1, -0.05) is 216 Å². The van der Waals surface area contributed by atoms with Crippen molar-refractivity contribution in [1.29, 1.82) is 0 Å². The number of phosphoric acid groups is 1.